The molecule has 20 heavy (non-hydrogen) atoms. The molecule has 1 N–H and O–H groups in total. The maximum Gasteiger partial charge on any atom is 0.407 e. The predicted molar refractivity (Wildman–Crippen MR) is 75.9 cm³/mol. The molecule has 1 saturated carbocycles. The average Bonchev–Trinajstić information content (AvgIpc) is 2.33. The molecule has 0 spiro atoms. The van der Waals surface area contributed by atoms with Crippen molar-refractivity contribution in [3.8, 4) is 0 Å². The fraction of sp³-hybridized carbons (Fsp3) is 0.462. The second-order valence-corrected chi connectivity index (χ2v) is 7.77. The zero-order chi connectivity index (χ0) is 14.6. The second-order valence-electron chi connectivity index (χ2n) is 4.95. The van der Waals surface area contributed by atoms with Crippen molar-refractivity contribution in [3.63, 3.8) is 0 Å². The molecule has 1 aromatic carbocycles. The molecule has 1 amide bonds. The SMILES string of the molecule is O=C(NC1CC(CS(=O)(=O)Cl)C1)OCc1ccccc1. The van der Waals surface area contributed by atoms with Crippen LogP contribution in [0.25, 0.3) is 0 Å². The van der Waals surface area contributed by atoms with Crippen LogP contribution in [-0.2, 0) is 20.4 Å². The number of carbonyl (C=O) groups excluding carboxylic acids is 1. The first-order valence-electron chi connectivity index (χ1n) is 6.32. The van der Waals surface area contributed by atoms with E-state index >= 15 is 0 Å². The van der Waals surface area contributed by atoms with Gasteiger partial charge in [-0.25, -0.2) is 13.2 Å². The van der Waals surface area contributed by atoms with Crippen molar-refractivity contribution < 1.29 is 17.9 Å². The molecule has 1 aromatic rings. The number of ether oxygens (including phenoxy) is 1. The van der Waals surface area contributed by atoms with Crippen LogP contribution in [0.3, 0.4) is 0 Å². The van der Waals surface area contributed by atoms with Crippen LogP contribution in [0.4, 0.5) is 4.79 Å². The van der Waals surface area contributed by atoms with Crippen LogP contribution in [-0.4, -0.2) is 26.3 Å². The van der Waals surface area contributed by atoms with Crippen molar-refractivity contribution in [2.75, 3.05) is 5.75 Å². The van der Waals surface area contributed by atoms with Crippen LogP contribution < -0.4 is 5.32 Å². The van der Waals surface area contributed by atoms with Gasteiger partial charge in [0.15, 0.2) is 0 Å². The monoisotopic (exact) mass is 317 g/mol. The number of benzene rings is 1. The van der Waals surface area contributed by atoms with Gasteiger partial charge < -0.3 is 10.1 Å². The Labute approximate surface area is 122 Å². The van der Waals surface area contributed by atoms with Gasteiger partial charge in [-0.15, -0.1) is 0 Å². The van der Waals surface area contributed by atoms with Crippen molar-refractivity contribution in [1.82, 2.24) is 5.32 Å². The van der Waals surface area contributed by atoms with Crippen molar-refractivity contribution in [2.24, 2.45) is 5.92 Å². The van der Waals surface area contributed by atoms with Gasteiger partial charge in [0.1, 0.15) is 6.61 Å². The Balaban J connectivity index is 1.65. The number of nitrogens with one attached hydrogen (secondary N) is 1. The quantitative estimate of drug-likeness (QED) is 0.845. The molecule has 0 radical (unpaired) electrons. The molecule has 0 atom stereocenters. The van der Waals surface area contributed by atoms with Crippen molar-refractivity contribution >= 4 is 25.8 Å². The second kappa shape index (κ2) is 6.45. The van der Waals surface area contributed by atoms with E-state index in [9.17, 15) is 13.2 Å². The van der Waals surface area contributed by atoms with Crippen LogP contribution in [0.1, 0.15) is 18.4 Å². The van der Waals surface area contributed by atoms with E-state index in [4.69, 9.17) is 15.4 Å². The van der Waals surface area contributed by atoms with E-state index in [0.29, 0.717) is 12.8 Å². The molecule has 0 aromatic heterocycles. The van der Waals surface area contributed by atoms with Crippen LogP contribution in [0, 0.1) is 5.92 Å². The van der Waals surface area contributed by atoms with Gasteiger partial charge in [0.25, 0.3) is 0 Å². The Morgan fingerprint density at radius 3 is 2.55 bits per heavy atom. The molecule has 110 valence electrons. The summed E-state index contributed by atoms with van der Waals surface area (Å²) >= 11 is 0. The summed E-state index contributed by atoms with van der Waals surface area (Å²) in [6.07, 6.45) is 0.754. The smallest absolute Gasteiger partial charge is 0.407 e. The van der Waals surface area contributed by atoms with Gasteiger partial charge in [-0.05, 0) is 24.3 Å². The van der Waals surface area contributed by atoms with E-state index in [0.717, 1.165) is 5.56 Å². The number of hydrogen-bond donors (Lipinski definition) is 1. The van der Waals surface area contributed by atoms with Gasteiger partial charge in [0, 0.05) is 16.7 Å². The van der Waals surface area contributed by atoms with Crippen molar-refractivity contribution in [2.45, 2.75) is 25.5 Å². The molecule has 0 heterocycles. The maximum absolute atomic E-state index is 11.5. The third kappa shape index (κ3) is 5.02. The Morgan fingerprint density at radius 1 is 1.30 bits per heavy atom. The Hall–Kier alpha value is -1.27. The highest BCUT2D eigenvalue weighted by Gasteiger charge is 2.33. The van der Waals surface area contributed by atoms with Crippen LogP contribution in [0.2, 0.25) is 0 Å². The molecule has 0 saturated heterocycles. The standard InChI is InChI=1S/C13H16ClNO4S/c14-20(17,18)9-11-6-12(7-11)15-13(16)19-8-10-4-2-1-3-5-10/h1-5,11-12H,6-9H2,(H,15,16). The lowest BCUT2D eigenvalue weighted by Crippen LogP contribution is -2.46. The minimum atomic E-state index is -3.45. The molecule has 1 fully saturated rings. The van der Waals surface area contributed by atoms with E-state index in [1.807, 2.05) is 30.3 Å². The predicted octanol–water partition coefficient (Wildman–Crippen LogP) is 2.26. The van der Waals surface area contributed by atoms with E-state index in [-0.39, 0.29) is 24.3 Å². The highest BCUT2D eigenvalue weighted by molar-refractivity contribution is 8.13. The summed E-state index contributed by atoms with van der Waals surface area (Å²) < 4.78 is 26.8. The summed E-state index contributed by atoms with van der Waals surface area (Å²) in [6, 6.07) is 9.36. The topological polar surface area (TPSA) is 72.5 Å². The molecule has 1 aliphatic rings. The summed E-state index contributed by atoms with van der Waals surface area (Å²) in [5, 5.41) is 2.70. The first kappa shape index (κ1) is 15.1. The zero-order valence-corrected chi connectivity index (χ0v) is 12.4. The van der Waals surface area contributed by atoms with Gasteiger partial charge in [-0.2, -0.15) is 0 Å². The lowest BCUT2D eigenvalue weighted by molar-refractivity contribution is 0.124. The van der Waals surface area contributed by atoms with E-state index in [1.165, 1.54) is 0 Å². The number of hydrogen-bond acceptors (Lipinski definition) is 4. The van der Waals surface area contributed by atoms with Crippen molar-refractivity contribution in [1.29, 1.82) is 0 Å². The van der Waals surface area contributed by atoms with Gasteiger partial charge in [0.2, 0.25) is 9.05 Å². The average molecular weight is 318 g/mol. The maximum atomic E-state index is 11.5. The fourth-order valence-electron chi connectivity index (χ4n) is 2.20. The van der Waals surface area contributed by atoms with Crippen molar-refractivity contribution in [3.05, 3.63) is 35.9 Å². The molecule has 7 heteroatoms. The van der Waals surface area contributed by atoms with Gasteiger partial charge in [-0.1, -0.05) is 30.3 Å². The number of amides is 1. The first-order chi connectivity index (χ1) is 9.42. The van der Waals surface area contributed by atoms with E-state index in [1.54, 1.807) is 0 Å². The number of halogens is 1. The summed E-state index contributed by atoms with van der Waals surface area (Å²) in [5.74, 6) is -0.0110. The fourth-order valence-corrected chi connectivity index (χ4v) is 3.57. The third-order valence-electron chi connectivity index (χ3n) is 3.21. The van der Waals surface area contributed by atoms with Crippen LogP contribution in [0.5, 0.6) is 0 Å². The third-order valence-corrected chi connectivity index (χ3v) is 4.45. The highest BCUT2D eigenvalue weighted by Crippen LogP contribution is 2.29. The summed E-state index contributed by atoms with van der Waals surface area (Å²) in [6.45, 7) is 0.221. The zero-order valence-electron chi connectivity index (χ0n) is 10.8. The Morgan fingerprint density at radius 2 is 1.95 bits per heavy atom. The highest BCUT2D eigenvalue weighted by atomic mass is 35.7. The molecule has 0 unspecified atom stereocenters. The summed E-state index contributed by atoms with van der Waals surface area (Å²) in [5.41, 5.74) is 0.919. The number of alkyl carbamates (subject to hydrolysis) is 1. The molecular formula is C13H16ClNO4S. The van der Waals surface area contributed by atoms with Crippen LogP contribution >= 0.6 is 10.7 Å². The Kier molecular flexibility index (Phi) is 4.88. The minimum Gasteiger partial charge on any atom is -0.445 e. The first-order valence-corrected chi connectivity index (χ1v) is 8.80. The molecule has 2 rings (SSSR count). The molecular weight excluding hydrogens is 302 g/mol. The van der Waals surface area contributed by atoms with Crippen LogP contribution in [0.15, 0.2) is 30.3 Å². The Bertz CT molecular complexity index is 555. The largest absolute Gasteiger partial charge is 0.445 e. The molecule has 0 aliphatic heterocycles. The lowest BCUT2D eigenvalue weighted by atomic mass is 9.82. The number of rotatable bonds is 5. The summed E-state index contributed by atoms with van der Waals surface area (Å²) in [7, 11) is 1.72. The normalized spacial score (nSPS) is 21.9. The number of carbonyl (C=O) groups is 1. The van der Waals surface area contributed by atoms with Gasteiger partial charge in [0.05, 0.1) is 5.75 Å². The minimum absolute atomic E-state index is 0.0249. The molecule has 0 bridgehead atoms. The van der Waals surface area contributed by atoms with E-state index < -0.39 is 15.1 Å². The van der Waals surface area contributed by atoms with Gasteiger partial charge >= 0.3 is 6.09 Å². The molecule has 5 nitrogen and oxygen atoms in total. The van der Waals surface area contributed by atoms with Gasteiger partial charge in [-0.3, -0.25) is 0 Å². The lowest BCUT2D eigenvalue weighted by Gasteiger charge is -2.34. The molecule has 1 aliphatic carbocycles. The summed E-state index contributed by atoms with van der Waals surface area (Å²) in [4.78, 5) is 11.5. The van der Waals surface area contributed by atoms with E-state index in [2.05, 4.69) is 5.32 Å².